The predicted octanol–water partition coefficient (Wildman–Crippen LogP) is -1.06. The quantitative estimate of drug-likeness (QED) is 0.183. The molecule has 0 aromatic carbocycles. The summed E-state index contributed by atoms with van der Waals surface area (Å²) < 4.78 is 9.43. The maximum absolute atomic E-state index is 11.2. The van der Waals surface area contributed by atoms with Gasteiger partial charge in [0.1, 0.15) is 25.4 Å². The lowest BCUT2D eigenvalue weighted by Crippen LogP contribution is -2.22. The van der Waals surface area contributed by atoms with E-state index < -0.39 is 37.4 Å². The van der Waals surface area contributed by atoms with E-state index in [1.807, 2.05) is 0 Å². The van der Waals surface area contributed by atoms with E-state index in [2.05, 4.69) is 0 Å². The second kappa shape index (κ2) is 14.1. The van der Waals surface area contributed by atoms with Gasteiger partial charge in [0, 0.05) is 11.5 Å². The third kappa shape index (κ3) is 13.2. The van der Waals surface area contributed by atoms with Crippen LogP contribution in [-0.4, -0.2) is 82.5 Å². The fourth-order valence-electron chi connectivity index (χ4n) is 0.996. The second-order valence-electron chi connectivity index (χ2n) is 4.18. The summed E-state index contributed by atoms with van der Waals surface area (Å²) in [5, 5.41) is 35.0. The molecule has 130 valence electrons. The minimum Gasteiger partial charge on any atom is -0.463 e. The van der Waals surface area contributed by atoms with Crippen LogP contribution in [0.2, 0.25) is 0 Å². The van der Waals surface area contributed by atoms with Gasteiger partial charge in [-0.3, -0.25) is 9.59 Å². The van der Waals surface area contributed by atoms with Crippen LogP contribution in [0, 0.1) is 0 Å². The van der Waals surface area contributed by atoms with Crippen LogP contribution in [0.5, 0.6) is 0 Å². The van der Waals surface area contributed by atoms with E-state index in [0.29, 0.717) is 11.5 Å². The minimum atomic E-state index is -1.05. The zero-order chi connectivity index (χ0) is 16.8. The van der Waals surface area contributed by atoms with Crippen LogP contribution >= 0.6 is 21.6 Å². The normalized spacial score (nSPS) is 13.5. The molecule has 0 aromatic heterocycles. The molecule has 0 aromatic rings. The van der Waals surface area contributed by atoms with Gasteiger partial charge in [-0.05, 0) is 0 Å². The third-order valence-corrected chi connectivity index (χ3v) is 4.57. The first-order valence-electron chi connectivity index (χ1n) is 6.63. The number of hydrogen-bond acceptors (Lipinski definition) is 10. The second-order valence-corrected chi connectivity index (χ2v) is 6.88. The number of hydrogen-bond donors (Lipinski definition) is 4. The monoisotopic (exact) mass is 358 g/mol. The van der Waals surface area contributed by atoms with Crippen molar-refractivity contribution in [1.82, 2.24) is 0 Å². The zero-order valence-corrected chi connectivity index (χ0v) is 13.7. The summed E-state index contributed by atoms with van der Waals surface area (Å²) >= 11 is 0. The molecule has 0 heterocycles. The molecule has 0 amide bonds. The largest absolute Gasteiger partial charge is 0.463 e. The molecule has 0 bridgehead atoms. The third-order valence-electron chi connectivity index (χ3n) is 2.16. The topological polar surface area (TPSA) is 134 Å². The lowest BCUT2D eigenvalue weighted by Gasteiger charge is -2.08. The molecule has 0 aliphatic carbocycles. The Morgan fingerprint density at radius 2 is 1.18 bits per heavy atom. The molecule has 2 atom stereocenters. The fourth-order valence-corrected chi connectivity index (χ4v) is 2.94. The maximum Gasteiger partial charge on any atom is 0.306 e. The summed E-state index contributed by atoms with van der Waals surface area (Å²) in [6.07, 6.45) is -1.77. The average molecular weight is 358 g/mol. The zero-order valence-electron chi connectivity index (χ0n) is 12.0. The van der Waals surface area contributed by atoms with E-state index in [1.54, 1.807) is 0 Å². The van der Waals surface area contributed by atoms with Crippen molar-refractivity contribution >= 4 is 33.5 Å². The molecule has 0 aliphatic heterocycles. The first-order valence-corrected chi connectivity index (χ1v) is 9.11. The predicted molar refractivity (Wildman–Crippen MR) is 82.3 cm³/mol. The first kappa shape index (κ1) is 21.5. The number of rotatable bonds is 13. The van der Waals surface area contributed by atoms with E-state index in [9.17, 15) is 9.59 Å². The van der Waals surface area contributed by atoms with Gasteiger partial charge in [-0.1, -0.05) is 21.6 Å². The lowest BCUT2D eigenvalue weighted by molar-refractivity contribution is -0.147. The molecule has 8 nitrogen and oxygen atoms in total. The summed E-state index contributed by atoms with van der Waals surface area (Å²) in [5.74, 6) is 0.0737. The van der Waals surface area contributed by atoms with Crippen LogP contribution in [0.25, 0.3) is 0 Å². The molecule has 2 unspecified atom stereocenters. The Morgan fingerprint density at radius 3 is 1.50 bits per heavy atom. The average Bonchev–Trinajstić information content (AvgIpc) is 2.53. The van der Waals surface area contributed by atoms with Crippen LogP contribution in [0.4, 0.5) is 0 Å². The van der Waals surface area contributed by atoms with Crippen LogP contribution < -0.4 is 0 Å². The van der Waals surface area contributed by atoms with E-state index in [4.69, 9.17) is 29.9 Å². The Morgan fingerprint density at radius 1 is 0.818 bits per heavy atom. The molecule has 0 rings (SSSR count). The molecule has 0 fully saturated rings. The Hall–Kier alpha value is -0.520. The maximum atomic E-state index is 11.2. The highest BCUT2D eigenvalue weighted by molar-refractivity contribution is 8.76. The Bertz CT molecular complexity index is 286. The van der Waals surface area contributed by atoms with E-state index in [-0.39, 0.29) is 26.1 Å². The summed E-state index contributed by atoms with van der Waals surface area (Å²) in [7, 11) is 2.80. The van der Waals surface area contributed by atoms with Crippen molar-refractivity contribution in [3.8, 4) is 0 Å². The van der Waals surface area contributed by atoms with Gasteiger partial charge in [0.15, 0.2) is 0 Å². The fraction of sp³-hybridized carbons (Fsp3) is 0.833. The van der Waals surface area contributed by atoms with Crippen LogP contribution in [0.15, 0.2) is 0 Å². The van der Waals surface area contributed by atoms with Gasteiger partial charge >= 0.3 is 11.9 Å². The molecular formula is C12H22O8S2. The summed E-state index contributed by atoms with van der Waals surface area (Å²) in [6, 6.07) is 0. The molecule has 0 spiro atoms. The van der Waals surface area contributed by atoms with Crippen molar-refractivity contribution < 1.29 is 39.5 Å². The van der Waals surface area contributed by atoms with E-state index in [0.717, 1.165) is 0 Å². The number of carbonyl (C=O) groups excluding carboxylic acids is 2. The van der Waals surface area contributed by atoms with Gasteiger partial charge in [0.2, 0.25) is 0 Å². The summed E-state index contributed by atoms with van der Waals surface area (Å²) in [6.45, 7) is -1.36. The molecule has 0 saturated carbocycles. The summed E-state index contributed by atoms with van der Waals surface area (Å²) in [5.41, 5.74) is 0. The van der Waals surface area contributed by atoms with Crippen LogP contribution in [0.1, 0.15) is 12.8 Å². The van der Waals surface area contributed by atoms with Gasteiger partial charge in [-0.2, -0.15) is 0 Å². The number of ether oxygens (including phenoxy) is 2. The van der Waals surface area contributed by atoms with Gasteiger partial charge in [-0.25, -0.2) is 0 Å². The minimum absolute atomic E-state index is 0.170. The Kier molecular flexibility index (Phi) is 13.8. The molecular weight excluding hydrogens is 336 g/mol. The molecule has 0 saturated heterocycles. The lowest BCUT2D eigenvalue weighted by atomic mass is 10.4. The number of aliphatic hydroxyl groups excluding tert-OH is 4. The highest BCUT2D eigenvalue weighted by Crippen LogP contribution is 2.23. The van der Waals surface area contributed by atoms with Crippen molar-refractivity contribution in [1.29, 1.82) is 0 Å². The van der Waals surface area contributed by atoms with Crippen molar-refractivity contribution in [3.05, 3.63) is 0 Å². The highest BCUT2D eigenvalue weighted by Gasteiger charge is 2.09. The van der Waals surface area contributed by atoms with Gasteiger partial charge in [0.05, 0.1) is 26.1 Å². The Balaban J connectivity index is 3.42. The molecule has 0 aliphatic rings. The first-order chi connectivity index (χ1) is 10.5. The van der Waals surface area contributed by atoms with Crippen molar-refractivity contribution in [2.24, 2.45) is 0 Å². The highest BCUT2D eigenvalue weighted by atomic mass is 33.1. The SMILES string of the molecule is O=C(CCSSCCC(=O)OCC(O)CO)OCC(O)CO. The molecule has 4 N–H and O–H groups in total. The number of esters is 2. The van der Waals surface area contributed by atoms with Crippen molar-refractivity contribution in [2.75, 3.05) is 37.9 Å². The standard InChI is InChI=1S/C12H22O8S2/c13-5-9(15)7-19-11(17)1-3-21-22-4-2-12(18)20-8-10(16)6-14/h9-10,13-16H,1-8H2. The Labute approximate surface area is 136 Å². The molecule has 10 heteroatoms. The molecule has 22 heavy (non-hydrogen) atoms. The number of carbonyl (C=O) groups is 2. The van der Waals surface area contributed by atoms with E-state index >= 15 is 0 Å². The van der Waals surface area contributed by atoms with Crippen LogP contribution in [0.3, 0.4) is 0 Å². The van der Waals surface area contributed by atoms with Crippen molar-refractivity contribution in [2.45, 2.75) is 25.0 Å². The van der Waals surface area contributed by atoms with Gasteiger partial charge in [-0.15, -0.1) is 0 Å². The van der Waals surface area contributed by atoms with E-state index in [1.165, 1.54) is 21.6 Å². The van der Waals surface area contributed by atoms with Crippen LogP contribution in [-0.2, 0) is 19.1 Å². The molecule has 0 radical (unpaired) electrons. The van der Waals surface area contributed by atoms with Crippen molar-refractivity contribution in [3.63, 3.8) is 0 Å². The van der Waals surface area contributed by atoms with Gasteiger partial charge in [0.25, 0.3) is 0 Å². The van der Waals surface area contributed by atoms with Gasteiger partial charge < -0.3 is 29.9 Å². The summed E-state index contributed by atoms with van der Waals surface area (Å²) in [4.78, 5) is 22.5. The smallest absolute Gasteiger partial charge is 0.306 e. The number of aliphatic hydroxyl groups is 4.